The summed E-state index contributed by atoms with van der Waals surface area (Å²) in [5.41, 5.74) is 1.85. The number of amides is 2. The van der Waals surface area contributed by atoms with Crippen LogP contribution >= 0.6 is 0 Å². The molecule has 0 radical (unpaired) electrons. The lowest BCUT2D eigenvalue weighted by Crippen LogP contribution is -2.41. The first kappa shape index (κ1) is 17.9. The highest BCUT2D eigenvalue weighted by Crippen LogP contribution is 2.38. The smallest absolute Gasteiger partial charge is 0.264 e. The van der Waals surface area contributed by atoms with E-state index < -0.39 is 0 Å². The Balaban J connectivity index is 1.88. The van der Waals surface area contributed by atoms with Gasteiger partial charge in [0.2, 0.25) is 11.8 Å². The number of nitrogens with zero attached hydrogens (tertiary/aromatic N) is 2. The fraction of sp³-hybridized carbons (Fsp3) is 0.316. The van der Waals surface area contributed by atoms with Gasteiger partial charge in [0, 0.05) is 26.5 Å². The minimum absolute atomic E-state index is 0.0973. The third-order valence-electron chi connectivity index (χ3n) is 4.01. The average molecular weight is 355 g/mol. The molecular weight excluding hydrogens is 334 g/mol. The Hall–Kier alpha value is -2.93. The van der Waals surface area contributed by atoms with Gasteiger partial charge in [-0.2, -0.15) is 0 Å². The van der Waals surface area contributed by atoms with E-state index in [9.17, 15) is 9.59 Å². The van der Waals surface area contributed by atoms with Crippen LogP contribution in [0.15, 0.2) is 36.5 Å². The molecule has 0 bridgehead atoms. The van der Waals surface area contributed by atoms with Gasteiger partial charge in [0.1, 0.15) is 12.1 Å². The molecule has 1 aliphatic heterocycles. The summed E-state index contributed by atoms with van der Waals surface area (Å²) in [5, 5.41) is 2.81. The molecule has 2 aromatic rings. The highest BCUT2D eigenvalue weighted by Gasteiger charge is 2.30. The fourth-order valence-electron chi connectivity index (χ4n) is 2.72. The first-order chi connectivity index (χ1) is 12.6. The van der Waals surface area contributed by atoms with Gasteiger partial charge >= 0.3 is 0 Å². The van der Waals surface area contributed by atoms with Gasteiger partial charge in [-0.25, -0.2) is 4.98 Å². The average Bonchev–Trinajstić information content (AvgIpc) is 2.75. The summed E-state index contributed by atoms with van der Waals surface area (Å²) in [4.78, 5) is 30.9. The summed E-state index contributed by atoms with van der Waals surface area (Å²) < 4.78 is 10.8. The van der Waals surface area contributed by atoms with Crippen LogP contribution in [-0.4, -0.2) is 43.6 Å². The van der Waals surface area contributed by atoms with Gasteiger partial charge in [-0.15, -0.1) is 0 Å². The van der Waals surface area contributed by atoms with E-state index in [-0.39, 0.29) is 24.2 Å². The van der Waals surface area contributed by atoms with E-state index >= 15 is 0 Å². The largest absolute Gasteiger partial charge is 0.436 e. The van der Waals surface area contributed by atoms with E-state index in [2.05, 4.69) is 10.3 Å². The number of aromatic nitrogens is 1. The maximum Gasteiger partial charge on any atom is 0.264 e. The van der Waals surface area contributed by atoms with Gasteiger partial charge in [0.05, 0.1) is 5.69 Å². The van der Waals surface area contributed by atoms with E-state index in [4.69, 9.17) is 9.47 Å². The molecule has 0 saturated heterocycles. The van der Waals surface area contributed by atoms with E-state index in [0.717, 1.165) is 5.56 Å². The Bertz CT molecular complexity index is 822. The highest BCUT2D eigenvalue weighted by atomic mass is 16.5. The zero-order valence-electron chi connectivity index (χ0n) is 14.8. The van der Waals surface area contributed by atoms with Crippen LogP contribution in [0.4, 0.5) is 5.69 Å². The van der Waals surface area contributed by atoms with Gasteiger partial charge in [0.25, 0.3) is 5.91 Å². The summed E-state index contributed by atoms with van der Waals surface area (Å²) >= 11 is 0. The molecule has 7 nitrogen and oxygen atoms in total. The summed E-state index contributed by atoms with van der Waals surface area (Å²) in [6.45, 7) is 2.88. The molecule has 26 heavy (non-hydrogen) atoms. The molecule has 0 unspecified atom stereocenters. The molecule has 3 rings (SSSR count). The lowest BCUT2D eigenvalue weighted by molar-refractivity contribution is -0.119. The summed E-state index contributed by atoms with van der Waals surface area (Å²) in [5.74, 6) is 0.179. The van der Waals surface area contributed by atoms with Crippen LogP contribution in [0, 0.1) is 6.92 Å². The molecule has 0 aliphatic carbocycles. The molecule has 1 aromatic heterocycles. The van der Waals surface area contributed by atoms with Crippen molar-refractivity contribution in [3.8, 4) is 11.6 Å². The predicted octanol–water partition coefficient (Wildman–Crippen LogP) is 2.30. The minimum atomic E-state index is -0.315. The Morgan fingerprint density at radius 2 is 2.19 bits per heavy atom. The van der Waals surface area contributed by atoms with E-state index in [1.54, 1.807) is 31.5 Å². The van der Waals surface area contributed by atoms with E-state index in [1.807, 2.05) is 19.1 Å². The Labute approximate surface area is 151 Å². The number of methoxy groups -OCH3 is 1. The minimum Gasteiger partial charge on any atom is -0.436 e. The maximum absolute atomic E-state index is 13.0. The van der Waals surface area contributed by atoms with Crippen LogP contribution in [0.25, 0.3) is 0 Å². The number of pyridine rings is 1. The van der Waals surface area contributed by atoms with Crippen LogP contribution < -0.4 is 15.0 Å². The molecule has 0 fully saturated rings. The van der Waals surface area contributed by atoms with Crippen molar-refractivity contribution in [1.82, 2.24) is 10.3 Å². The quantitative estimate of drug-likeness (QED) is 0.804. The Morgan fingerprint density at radius 1 is 1.35 bits per heavy atom. The molecule has 136 valence electrons. The van der Waals surface area contributed by atoms with Crippen LogP contribution in [0.3, 0.4) is 0 Å². The molecular formula is C19H21N3O4. The number of hydrogen-bond acceptors (Lipinski definition) is 5. The number of benzene rings is 1. The SMILES string of the molecule is COCCCNC(=O)CN1C(=O)c2cccnc2Oc2ccc(C)cc21. The van der Waals surface area contributed by atoms with Crippen molar-refractivity contribution in [1.29, 1.82) is 0 Å². The van der Waals surface area contributed by atoms with Crippen molar-refractivity contribution in [3.63, 3.8) is 0 Å². The lowest BCUT2D eigenvalue weighted by atomic mass is 10.1. The van der Waals surface area contributed by atoms with Gasteiger partial charge in [-0.05, 0) is 43.2 Å². The first-order valence-corrected chi connectivity index (χ1v) is 8.41. The number of nitrogens with one attached hydrogen (secondary N) is 1. The van der Waals surface area contributed by atoms with E-state index in [0.29, 0.717) is 36.6 Å². The zero-order valence-corrected chi connectivity index (χ0v) is 14.8. The molecule has 2 heterocycles. The van der Waals surface area contributed by atoms with Crippen molar-refractivity contribution in [2.75, 3.05) is 31.7 Å². The second kappa shape index (κ2) is 7.97. The van der Waals surface area contributed by atoms with Gasteiger partial charge < -0.3 is 14.8 Å². The van der Waals surface area contributed by atoms with Crippen LogP contribution in [0.1, 0.15) is 22.3 Å². The number of hydrogen-bond donors (Lipinski definition) is 1. The molecule has 1 N–H and O–H groups in total. The number of aryl methyl sites for hydroxylation is 1. The van der Waals surface area contributed by atoms with Crippen LogP contribution in [-0.2, 0) is 9.53 Å². The monoisotopic (exact) mass is 355 g/mol. The molecule has 0 atom stereocenters. The number of fused-ring (bicyclic) bond motifs is 2. The first-order valence-electron chi connectivity index (χ1n) is 8.41. The Kier molecular flexibility index (Phi) is 5.48. The maximum atomic E-state index is 13.0. The topological polar surface area (TPSA) is 80.8 Å². The molecule has 1 aromatic carbocycles. The molecule has 2 amide bonds. The van der Waals surface area contributed by atoms with Gasteiger partial charge in [-0.1, -0.05) is 6.07 Å². The Morgan fingerprint density at radius 3 is 3.00 bits per heavy atom. The van der Waals surface area contributed by atoms with E-state index in [1.165, 1.54) is 4.90 Å². The lowest BCUT2D eigenvalue weighted by Gasteiger charge is -2.22. The molecule has 7 heteroatoms. The normalized spacial score (nSPS) is 12.7. The number of carbonyl (C=O) groups excluding carboxylic acids is 2. The molecule has 0 saturated carbocycles. The van der Waals surface area contributed by atoms with Crippen molar-refractivity contribution in [3.05, 3.63) is 47.7 Å². The molecule has 1 aliphatic rings. The zero-order chi connectivity index (χ0) is 18.5. The van der Waals surface area contributed by atoms with Gasteiger partial charge in [-0.3, -0.25) is 14.5 Å². The van der Waals surface area contributed by atoms with Crippen molar-refractivity contribution >= 4 is 17.5 Å². The second-order valence-electron chi connectivity index (χ2n) is 6.02. The fourth-order valence-corrected chi connectivity index (χ4v) is 2.72. The number of rotatable bonds is 6. The third-order valence-corrected chi connectivity index (χ3v) is 4.01. The third kappa shape index (κ3) is 3.83. The summed E-state index contributed by atoms with van der Waals surface area (Å²) in [7, 11) is 1.61. The highest BCUT2D eigenvalue weighted by molar-refractivity contribution is 6.11. The van der Waals surface area contributed by atoms with Crippen molar-refractivity contribution < 1.29 is 19.1 Å². The van der Waals surface area contributed by atoms with Crippen molar-refractivity contribution in [2.24, 2.45) is 0 Å². The van der Waals surface area contributed by atoms with Gasteiger partial charge in [0.15, 0.2) is 5.75 Å². The number of ether oxygens (including phenoxy) is 2. The molecule has 0 spiro atoms. The van der Waals surface area contributed by atoms with Crippen LogP contribution in [0.5, 0.6) is 11.6 Å². The number of carbonyl (C=O) groups is 2. The standard InChI is InChI=1S/C19H21N3O4/c1-13-6-7-16-15(11-13)22(12-17(23)20-9-4-10-25-2)19(24)14-5-3-8-21-18(14)26-16/h3,5-8,11H,4,9-10,12H2,1-2H3,(H,20,23). The second-order valence-corrected chi connectivity index (χ2v) is 6.02. The summed E-state index contributed by atoms with van der Waals surface area (Å²) in [6, 6.07) is 8.82. The van der Waals surface area contributed by atoms with Crippen LogP contribution in [0.2, 0.25) is 0 Å². The number of anilines is 1. The van der Waals surface area contributed by atoms with Crippen molar-refractivity contribution in [2.45, 2.75) is 13.3 Å². The predicted molar refractivity (Wildman–Crippen MR) is 96.7 cm³/mol. The summed E-state index contributed by atoms with van der Waals surface area (Å²) in [6.07, 6.45) is 2.28.